The molecule has 30 heavy (non-hydrogen) atoms. The van der Waals surface area contributed by atoms with E-state index in [1.807, 2.05) is 16.8 Å². The van der Waals surface area contributed by atoms with E-state index in [-0.39, 0.29) is 11.0 Å². The van der Waals surface area contributed by atoms with Crippen molar-refractivity contribution in [3.8, 4) is 11.7 Å². The number of rotatable bonds is 5. The van der Waals surface area contributed by atoms with Gasteiger partial charge in [-0.3, -0.25) is 0 Å². The number of ether oxygens (including phenoxy) is 1. The molecule has 0 bridgehead atoms. The summed E-state index contributed by atoms with van der Waals surface area (Å²) < 4.78 is 56.1. The maximum atomic E-state index is 11.8. The summed E-state index contributed by atoms with van der Waals surface area (Å²) >= 11 is 0. The molecule has 1 aliphatic rings. The molecule has 0 radical (unpaired) electrons. The summed E-state index contributed by atoms with van der Waals surface area (Å²) in [4.78, 5) is 8.75. The molecule has 11 heteroatoms. The first-order valence-corrected chi connectivity index (χ1v) is 13.1. The molecule has 160 valence electrons. The third-order valence-corrected chi connectivity index (χ3v) is 7.54. The van der Waals surface area contributed by atoms with E-state index in [1.54, 1.807) is 24.3 Å². The fraction of sp³-hybridized carbons (Fsp3) is 0.368. The second-order valence-electron chi connectivity index (χ2n) is 7.37. The molecule has 0 atom stereocenters. The lowest BCUT2D eigenvalue weighted by Crippen LogP contribution is -2.41. The summed E-state index contributed by atoms with van der Waals surface area (Å²) in [7, 11) is -6.46. The van der Waals surface area contributed by atoms with Crippen LogP contribution >= 0.6 is 0 Å². The average molecular weight is 451 g/mol. The Kier molecular flexibility index (Phi) is 5.28. The Bertz CT molecular complexity index is 1290. The zero-order valence-electron chi connectivity index (χ0n) is 16.6. The summed E-state index contributed by atoms with van der Waals surface area (Å²) in [6.45, 7) is 0.846. The van der Waals surface area contributed by atoms with Crippen molar-refractivity contribution in [2.75, 3.05) is 25.6 Å². The minimum atomic E-state index is -3.28. The number of hydrogen-bond donors (Lipinski definition) is 0. The summed E-state index contributed by atoms with van der Waals surface area (Å²) in [5, 5.41) is 0.784. The minimum Gasteiger partial charge on any atom is -0.474 e. The van der Waals surface area contributed by atoms with Gasteiger partial charge in [0, 0.05) is 37.0 Å². The monoisotopic (exact) mass is 450 g/mol. The summed E-state index contributed by atoms with van der Waals surface area (Å²) in [5.41, 5.74) is 0.813. The Morgan fingerprint density at radius 1 is 1.00 bits per heavy atom. The second-order valence-corrected chi connectivity index (χ2v) is 11.4. The summed E-state index contributed by atoms with van der Waals surface area (Å²) in [6, 6.07) is 8.49. The molecule has 0 spiro atoms. The highest BCUT2D eigenvalue weighted by Crippen LogP contribution is 2.25. The second kappa shape index (κ2) is 7.64. The van der Waals surface area contributed by atoms with Crippen LogP contribution in [0.4, 0.5) is 0 Å². The van der Waals surface area contributed by atoms with Gasteiger partial charge >= 0.3 is 0 Å². The molecule has 9 nitrogen and oxygen atoms in total. The van der Waals surface area contributed by atoms with E-state index in [2.05, 4.69) is 9.97 Å². The molecule has 4 rings (SSSR count). The predicted molar refractivity (Wildman–Crippen MR) is 112 cm³/mol. The lowest BCUT2D eigenvalue weighted by atomic mass is 10.1. The largest absolute Gasteiger partial charge is 0.474 e. The molecular formula is C19H22N4O5S2. The lowest BCUT2D eigenvalue weighted by molar-refractivity contribution is 0.130. The number of piperidine rings is 1. The van der Waals surface area contributed by atoms with Gasteiger partial charge in [-0.2, -0.15) is 0 Å². The van der Waals surface area contributed by atoms with Gasteiger partial charge in [-0.15, -0.1) is 0 Å². The number of nitrogens with zero attached hydrogens (tertiary/aromatic N) is 4. The normalized spacial score (nSPS) is 16.7. The molecule has 0 unspecified atom stereocenters. The van der Waals surface area contributed by atoms with Gasteiger partial charge in [-0.25, -0.2) is 31.1 Å². The van der Waals surface area contributed by atoms with E-state index in [9.17, 15) is 16.8 Å². The molecule has 1 saturated heterocycles. The smallest absolute Gasteiger partial charge is 0.218 e. The van der Waals surface area contributed by atoms with Gasteiger partial charge in [-0.1, -0.05) is 0 Å². The molecule has 0 aliphatic carbocycles. The number of fused-ring (bicyclic) bond motifs is 1. The number of sulfone groups is 1. The van der Waals surface area contributed by atoms with E-state index in [1.165, 1.54) is 23.1 Å². The maximum Gasteiger partial charge on any atom is 0.218 e. The Labute approximate surface area is 175 Å². The molecule has 1 fully saturated rings. The first-order chi connectivity index (χ1) is 14.1. The zero-order chi connectivity index (χ0) is 21.5. The van der Waals surface area contributed by atoms with E-state index < -0.39 is 19.9 Å². The molecule has 1 aliphatic heterocycles. The van der Waals surface area contributed by atoms with Gasteiger partial charge in [0.1, 0.15) is 18.2 Å². The van der Waals surface area contributed by atoms with Crippen LogP contribution in [0.3, 0.4) is 0 Å². The summed E-state index contributed by atoms with van der Waals surface area (Å²) in [6.07, 6.45) is 6.68. The predicted octanol–water partition coefficient (Wildman–Crippen LogP) is 1.63. The van der Waals surface area contributed by atoms with Crippen molar-refractivity contribution in [2.24, 2.45) is 0 Å². The molecular weight excluding hydrogens is 428 g/mol. The standard InChI is InChI=1S/C19H22N4O5S2/c1-29(24,25)16-3-4-17-14(11-16)5-10-23(17)18-12-19(21-13-20-18)28-15-6-8-22(9-7-15)30(2,26)27/h3-5,10-13,15H,6-9H2,1-2H3. The van der Waals surface area contributed by atoms with Crippen molar-refractivity contribution in [1.29, 1.82) is 0 Å². The molecule has 3 aromatic rings. The van der Waals surface area contributed by atoms with Crippen molar-refractivity contribution in [2.45, 2.75) is 23.8 Å². The fourth-order valence-corrected chi connectivity index (χ4v) is 5.06. The van der Waals surface area contributed by atoms with Crippen LogP contribution in [0.1, 0.15) is 12.8 Å². The van der Waals surface area contributed by atoms with Gasteiger partial charge in [0.15, 0.2) is 9.84 Å². The number of benzene rings is 1. The average Bonchev–Trinajstić information content (AvgIpc) is 3.10. The molecule has 0 saturated carbocycles. The van der Waals surface area contributed by atoms with E-state index in [0.29, 0.717) is 37.6 Å². The van der Waals surface area contributed by atoms with Crippen LogP contribution in [0.15, 0.2) is 47.8 Å². The van der Waals surface area contributed by atoms with Gasteiger partial charge in [0.25, 0.3) is 0 Å². The Morgan fingerprint density at radius 3 is 2.40 bits per heavy atom. The highest BCUT2D eigenvalue weighted by atomic mass is 32.2. The molecule has 0 amide bonds. The van der Waals surface area contributed by atoms with Crippen LogP contribution in [-0.4, -0.2) is 67.4 Å². The van der Waals surface area contributed by atoms with Crippen molar-refractivity contribution in [3.05, 3.63) is 42.9 Å². The van der Waals surface area contributed by atoms with E-state index >= 15 is 0 Å². The number of aromatic nitrogens is 3. The van der Waals surface area contributed by atoms with E-state index in [4.69, 9.17) is 4.74 Å². The van der Waals surface area contributed by atoms with Crippen LogP contribution in [-0.2, 0) is 19.9 Å². The molecule has 2 aromatic heterocycles. The molecule has 3 heterocycles. The quantitative estimate of drug-likeness (QED) is 0.581. The molecule has 0 N–H and O–H groups in total. The Balaban J connectivity index is 1.54. The van der Waals surface area contributed by atoms with Crippen molar-refractivity contribution < 1.29 is 21.6 Å². The van der Waals surface area contributed by atoms with Crippen molar-refractivity contribution in [3.63, 3.8) is 0 Å². The van der Waals surface area contributed by atoms with Gasteiger partial charge in [-0.05, 0) is 37.1 Å². The zero-order valence-corrected chi connectivity index (χ0v) is 18.2. The topological polar surface area (TPSA) is 111 Å². The van der Waals surface area contributed by atoms with Crippen molar-refractivity contribution >= 4 is 30.8 Å². The minimum absolute atomic E-state index is 0.121. The highest BCUT2D eigenvalue weighted by molar-refractivity contribution is 7.90. The SMILES string of the molecule is CS(=O)(=O)c1ccc2c(ccn2-c2cc(OC3CCN(S(C)(=O)=O)CC3)ncn2)c1. The number of hydrogen-bond acceptors (Lipinski definition) is 7. The van der Waals surface area contributed by atoms with Gasteiger partial charge in [0.05, 0.1) is 16.7 Å². The van der Waals surface area contributed by atoms with Crippen LogP contribution in [0.2, 0.25) is 0 Å². The Morgan fingerprint density at radius 2 is 1.73 bits per heavy atom. The van der Waals surface area contributed by atoms with Crippen LogP contribution in [0, 0.1) is 0 Å². The number of sulfonamides is 1. The van der Waals surface area contributed by atoms with Crippen LogP contribution in [0.5, 0.6) is 5.88 Å². The van der Waals surface area contributed by atoms with Crippen LogP contribution < -0.4 is 4.74 Å². The third kappa shape index (κ3) is 4.32. The third-order valence-electron chi connectivity index (χ3n) is 5.12. The molecule has 1 aromatic carbocycles. The van der Waals surface area contributed by atoms with Gasteiger partial charge in [0.2, 0.25) is 15.9 Å². The first-order valence-electron chi connectivity index (χ1n) is 9.37. The highest BCUT2D eigenvalue weighted by Gasteiger charge is 2.26. The fourth-order valence-electron chi connectivity index (χ4n) is 3.53. The van der Waals surface area contributed by atoms with E-state index in [0.717, 1.165) is 10.9 Å². The maximum absolute atomic E-state index is 11.8. The lowest BCUT2D eigenvalue weighted by Gasteiger charge is -2.30. The Hall–Kier alpha value is -2.50. The first kappa shape index (κ1) is 20.8. The van der Waals surface area contributed by atoms with Crippen molar-refractivity contribution in [1.82, 2.24) is 18.8 Å². The van der Waals surface area contributed by atoms with Gasteiger partial charge < -0.3 is 9.30 Å². The summed E-state index contributed by atoms with van der Waals surface area (Å²) in [5.74, 6) is 1.00. The van der Waals surface area contributed by atoms with Crippen LogP contribution in [0.25, 0.3) is 16.7 Å².